The van der Waals surface area contributed by atoms with Gasteiger partial charge in [0.15, 0.2) is 11.6 Å². The molecular weight excluding hydrogens is 330 g/mol. The highest BCUT2D eigenvalue weighted by Gasteiger charge is 2.17. The number of nitrogens with zero attached hydrogens (tertiary/aromatic N) is 4. The Balaban J connectivity index is 1.97. The summed E-state index contributed by atoms with van der Waals surface area (Å²) < 4.78 is 6.56. The summed E-state index contributed by atoms with van der Waals surface area (Å²) >= 11 is 0. The number of fused-ring (bicyclic) bond motifs is 1. The molecule has 0 radical (unpaired) electrons. The molecule has 0 unspecified atom stereocenters. The lowest BCUT2D eigenvalue weighted by atomic mass is 10.1. The highest BCUT2D eigenvalue weighted by Crippen LogP contribution is 2.23. The molecule has 3 aromatic rings. The van der Waals surface area contributed by atoms with Crippen molar-refractivity contribution in [3.8, 4) is 11.9 Å². The fourth-order valence-electron chi connectivity index (χ4n) is 2.61. The predicted molar refractivity (Wildman–Crippen MR) is 98.2 cm³/mol. The number of para-hydroxylation sites is 1. The molecule has 7 nitrogen and oxygen atoms in total. The van der Waals surface area contributed by atoms with Gasteiger partial charge in [0.2, 0.25) is 0 Å². The number of unbranched alkanes of at least 4 members (excludes halogenated alkanes) is 1. The number of carbonyl (C=O) groups is 1. The Labute approximate surface area is 151 Å². The summed E-state index contributed by atoms with van der Waals surface area (Å²) in [6, 6.07) is 11.7. The van der Waals surface area contributed by atoms with Crippen molar-refractivity contribution in [2.45, 2.75) is 26.7 Å². The molecule has 0 fully saturated rings. The van der Waals surface area contributed by atoms with Crippen molar-refractivity contribution in [2.75, 3.05) is 11.9 Å². The van der Waals surface area contributed by atoms with E-state index in [0.29, 0.717) is 12.4 Å². The van der Waals surface area contributed by atoms with Crippen molar-refractivity contribution in [1.29, 1.82) is 5.26 Å². The van der Waals surface area contributed by atoms with Gasteiger partial charge in [-0.25, -0.2) is 9.78 Å². The number of hydrogen-bond acceptors (Lipinski definition) is 5. The van der Waals surface area contributed by atoms with E-state index >= 15 is 0 Å². The summed E-state index contributed by atoms with van der Waals surface area (Å²) in [5, 5.41) is 17.2. The van der Waals surface area contributed by atoms with Gasteiger partial charge < -0.3 is 4.74 Å². The van der Waals surface area contributed by atoms with Crippen LogP contribution in [0, 0.1) is 18.3 Å². The molecule has 1 amide bonds. The molecule has 0 saturated heterocycles. The number of rotatable bonds is 5. The zero-order valence-electron chi connectivity index (χ0n) is 14.7. The van der Waals surface area contributed by atoms with Crippen molar-refractivity contribution in [2.24, 2.45) is 0 Å². The zero-order chi connectivity index (χ0) is 18.5. The van der Waals surface area contributed by atoms with Crippen molar-refractivity contribution >= 4 is 22.8 Å². The van der Waals surface area contributed by atoms with E-state index in [1.165, 1.54) is 10.9 Å². The normalized spacial score (nSPS) is 10.5. The van der Waals surface area contributed by atoms with E-state index in [9.17, 15) is 10.1 Å². The molecule has 7 heteroatoms. The highest BCUT2D eigenvalue weighted by atomic mass is 16.5. The number of nitrogens with one attached hydrogen (secondary N) is 1. The Morgan fingerprint density at radius 3 is 2.96 bits per heavy atom. The number of nitriles is 1. The Bertz CT molecular complexity index is 987. The summed E-state index contributed by atoms with van der Waals surface area (Å²) in [7, 11) is 0. The van der Waals surface area contributed by atoms with Crippen molar-refractivity contribution in [3.63, 3.8) is 0 Å². The third-order valence-corrected chi connectivity index (χ3v) is 3.97. The lowest BCUT2D eigenvalue weighted by Gasteiger charge is -2.11. The molecule has 1 N–H and O–H groups in total. The Morgan fingerprint density at radius 1 is 1.38 bits per heavy atom. The molecule has 0 spiro atoms. The monoisotopic (exact) mass is 349 g/mol. The van der Waals surface area contributed by atoms with Gasteiger partial charge in [-0.1, -0.05) is 31.5 Å². The Morgan fingerprint density at radius 2 is 2.19 bits per heavy atom. The van der Waals surface area contributed by atoms with Crippen LogP contribution in [-0.2, 0) is 4.74 Å². The van der Waals surface area contributed by atoms with Gasteiger partial charge in [0, 0.05) is 5.39 Å². The highest BCUT2D eigenvalue weighted by molar-refractivity contribution is 5.86. The SMILES string of the molecule is CCCCOC(=O)Nc1c(C#N)cnn1-c1cc(C)c2ccccc2n1. The fraction of sp³-hybridized carbons (Fsp3) is 0.263. The number of anilines is 1. The van der Waals surface area contributed by atoms with Gasteiger partial charge in [0.25, 0.3) is 0 Å². The summed E-state index contributed by atoms with van der Waals surface area (Å²) in [4.78, 5) is 16.6. The minimum atomic E-state index is -0.616. The molecule has 2 heterocycles. The van der Waals surface area contributed by atoms with Gasteiger partial charge in [-0.05, 0) is 31.0 Å². The molecule has 0 atom stereocenters. The third-order valence-electron chi connectivity index (χ3n) is 3.97. The van der Waals surface area contributed by atoms with Crippen molar-refractivity contribution < 1.29 is 9.53 Å². The van der Waals surface area contributed by atoms with Gasteiger partial charge in [0.05, 0.1) is 18.3 Å². The number of ether oxygens (including phenoxy) is 1. The molecule has 0 saturated carbocycles. The maximum absolute atomic E-state index is 12.0. The van der Waals surface area contributed by atoms with Gasteiger partial charge in [0.1, 0.15) is 11.6 Å². The first kappa shape index (κ1) is 17.4. The lowest BCUT2D eigenvalue weighted by molar-refractivity contribution is 0.159. The number of aryl methyl sites for hydroxylation is 1. The van der Waals surface area contributed by atoms with Gasteiger partial charge in [-0.15, -0.1) is 0 Å². The number of benzene rings is 1. The number of aromatic nitrogens is 3. The van der Waals surface area contributed by atoms with Gasteiger partial charge in [-0.2, -0.15) is 15.0 Å². The van der Waals surface area contributed by atoms with Crippen LogP contribution in [0.15, 0.2) is 36.5 Å². The van der Waals surface area contributed by atoms with E-state index in [2.05, 4.69) is 15.4 Å². The molecule has 132 valence electrons. The molecule has 0 bridgehead atoms. The number of pyridine rings is 1. The number of amides is 1. The van der Waals surface area contributed by atoms with Crippen LogP contribution in [0.4, 0.5) is 10.6 Å². The minimum absolute atomic E-state index is 0.241. The Kier molecular flexibility index (Phi) is 5.13. The van der Waals surface area contributed by atoms with E-state index in [-0.39, 0.29) is 11.4 Å². The molecule has 0 aliphatic carbocycles. The van der Waals surface area contributed by atoms with Crippen LogP contribution in [-0.4, -0.2) is 27.5 Å². The minimum Gasteiger partial charge on any atom is -0.449 e. The van der Waals surface area contributed by atoms with Crippen LogP contribution in [0.3, 0.4) is 0 Å². The van der Waals surface area contributed by atoms with Crippen molar-refractivity contribution in [1.82, 2.24) is 14.8 Å². The van der Waals surface area contributed by atoms with Crippen LogP contribution in [0.25, 0.3) is 16.7 Å². The summed E-state index contributed by atoms with van der Waals surface area (Å²) in [5.74, 6) is 0.766. The van der Waals surface area contributed by atoms with E-state index in [1.807, 2.05) is 50.2 Å². The van der Waals surface area contributed by atoms with Crippen LogP contribution >= 0.6 is 0 Å². The summed E-state index contributed by atoms with van der Waals surface area (Å²) in [6.07, 6.45) is 2.49. The molecule has 3 rings (SSSR count). The van der Waals surface area contributed by atoms with E-state index in [0.717, 1.165) is 29.3 Å². The average molecular weight is 349 g/mol. The third kappa shape index (κ3) is 3.49. The summed E-state index contributed by atoms with van der Waals surface area (Å²) in [6.45, 7) is 4.32. The van der Waals surface area contributed by atoms with Crippen LogP contribution in [0.5, 0.6) is 0 Å². The van der Waals surface area contributed by atoms with E-state index in [1.54, 1.807) is 0 Å². The van der Waals surface area contributed by atoms with Gasteiger partial charge in [-0.3, -0.25) is 5.32 Å². The average Bonchev–Trinajstić information content (AvgIpc) is 3.04. The van der Waals surface area contributed by atoms with E-state index < -0.39 is 6.09 Å². The fourth-order valence-corrected chi connectivity index (χ4v) is 2.61. The second-order valence-electron chi connectivity index (χ2n) is 5.86. The van der Waals surface area contributed by atoms with Crippen LogP contribution in [0.2, 0.25) is 0 Å². The van der Waals surface area contributed by atoms with Gasteiger partial charge >= 0.3 is 6.09 Å². The zero-order valence-corrected chi connectivity index (χ0v) is 14.7. The second kappa shape index (κ2) is 7.66. The first-order valence-electron chi connectivity index (χ1n) is 8.42. The lowest BCUT2D eigenvalue weighted by Crippen LogP contribution is -2.18. The first-order valence-corrected chi connectivity index (χ1v) is 8.42. The smallest absolute Gasteiger partial charge is 0.412 e. The second-order valence-corrected chi connectivity index (χ2v) is 5.86. The standard InChI is InChI=1S/C19H19N5O2/c1-3-4-9-26-19(25)23-18-14(11-20)12-21-24(18)17-10-13(2)15-7-5-6-8-16(15)22-17/h5-8,10,12H,3-4,9H2,1-2H3,(H,23,25). The largest absolute Gasteiger partial charge is 0.449 e. The van der Waals surface area contributed by atoms with Crippen LogP contribution in [0.1, 0.15) is 30.9 Å². The predicted octanol–water partition coefficient (Wildman–Crippen LogP) is 3.95. The maximum Gasteiger partial charge on any atom is 0.412 e. The molecule has 26 heavy (non-hydrogen) atoms. The molecular formula is C19H19N5O2. The molecule has 1 aromatic carbocycles. The number of carbonyl (C=O) groups excluding carboxylic acids is 1. The van der Waals surface area contributed by atoms with Crippen molar-refractivity contribution in [3.05, 3.63) is 47.7 Å². The summed E-state index contributed by atoms with van der Waals surface area (Å²) in [5.41, 5.74) is 2.08. The van der Waals surface area contributed by atoms with Crippen LogP contribution < -0.4 is 5.32 Å². The topological polar surface area (TPSA) is 92.8 Å². The Hall–Kier alpha value is -3.40. The quantitative estimate of drug-likeness (QED) is 0.704. The first-order chi connectivity index (χ1) is 12.6. The number of hydrogen-bond donors (Lipinski definition) is 1. The molecule has 2 aromatic heterocycles. The molecule has 0 aliphatic rings. The molecule has 0 aliphatic heterocycles. The maximum atomic E-state index is 12.0. The van der Waals surface area contributed by atoms with E-state index in [4.69, 9.17) is 4.74 Å².